The third kappa shape index (κ3) is 2.74. The van der Waals surface area contributed by atoms with Crippen LogP contribution in [0.3, 0.4) is 0 Å². The van der Waals surface area contributed by atoms with Gasteiger partial charge in [-0.15, -0.1) is 11.6 Å². The smallest absolute Gasteiger partial charge is 0.237 e. The number of nitrogens with zero attached hydrogens (tertiary/aromatic N) is 3. The van der Waals surface area contributed by atoms with Gasteiger partial charge < -0.3 is 9.80 Å². The Kier molecular flexibility index (Phi) is 4.06. The second-order valence-corrected chi connectivity index (χ2v) is 4.43. The van der Waals surface area contributed by atoms with E-state index in [9.17, 15) is 4.79 Å². The number of carbonyl (C=O) groups excluding carboxylic acids is 1. The van der Waals surface area contributed by atoms with E-state index in [-0.39, 0.29) is 11.8 Å². The normalized spacial score (nSPS) is 15.3. The van der Waals surface area contributed by atoms with Gasteiger partial charge in [-0.3, -0.25) is 4.79 Å². The van der Waals surface area contributed by atoms with Gasteiger partial charge in [0.15, 0.2) is 0 Å². The van der Waals surface area contributed by atoms with Crippen molar-refractivity contribution in [2.24, 2.45) is 0 Å². The first-order valence-corrected chi connectivity index (χ1v) is 6.37. The average Bonchev–Trinajstić information content (AvgIpc) is 2.47. The quantitative estimate of drug-likeness (QED) is 0.759. The Balaban J connectivity index is 1.97. The van der Waals surface area contributed by atoms with Gasteiger partial charge in [-0.1, -0.05) is 0 Å². The molecule has 0 N–H and O–H groups in total. The second-order valence-electron chi connectivity index (χ2n) is 4.16. The van der Waals surface area contributed by atoms with Crippen LogP contribution in [0.2, 0.25) is 0 Å². The Hall–Kier alpha value is -1.73. The zero-order valence-electron chi connectivity index (χ0n) is 9.97. The van der Waals surface area contributed by atoms with E-state index in [2.05, 4.69) is 11.0 Å². The molecule has 1 aromatic carbocycles. The highest BCUT2D eigenvalue weighted by Gasteiger charge is 2.20. The van der Waals surface area contributed by atoms with Gasteiger partial charge in [0.1, 0.15) is 5.88 Å². The van der Waals surface area contributed by atoms with Crippen LogP contribution in [-0.4, -0.2) is 42.9 Å². The average molecular weight is 264 g/mol. The van der Waals surface area contributed by atoms with Crippen LogP contribution in [-0.2, 0) is 4.79 Å². The summed E-state index contributed by atoms with van der Waals surface area (Å²) in [6.45, 7) is 3.00. The maximum absolute atomic E-state index is 11.4. The number of rotatable bonds is 2. The molecular formula is C13H14ClN3O. The molecule has 4 nitrogen and oxygen atoms in total. The fraction of sp³-hybridized carbons (Fsp3) is 0.385. The molecule has 0 unspecified atom stereocenters. The molecular weight excluding hydrogens is 250 g/mol. The summed E-state index contributed by atoms with van der Waals surface area (Å²) in [5.74, 6) is 0.0489. The van der Waals surface area contributed by atoms with E-state index in [0.717, 1.165) is 18.8 Å². The van der Waals surface area contributed by atoms with E-state index in [1.165, 1.54) is 0 Å². The molecule has 0 bridgehead atoms. The number of hydrogen-bond donors (Lipinski definition) is 0. The van der Waals surface area contributed by atoms with Crippen molar-refractivity contribution >= 4 is 23.2 Å². The topological polar surface area (TPSA) is 47.3 Å². The summed E-state index contributed by atoms with van der Waals surface area (Å²) in [7, 11) is 0. The van der Waals surface area contributed by atoms with Crippen LogP contribution in [0.15, 0.2) is 24.3 Å². The van der Waals surface area contributed by atoms with Crippen molar-refractivity contribution in [3.63, 3.8) is 0 Å². The lowest BCUT2D eigenvalue weighted by Gasteiger charge is -2.35. The monoisotopic (exact) mass is 263 g/mol. The number of hydrogen-bond acceptors (Lipinski definition) is 3. The van der Waals surface area contributed by atoms with Gasteiger partial charge in [-0.2, -0.15) is 5.26 Å². The van der Waals surface area contributed by atoms with Gasteiger partial charge in [0, 0.05) is 31.9 Å². The summed E-state index contributed by atoms with van der Waals surface area (Å²) in [6.07, 6.45) is 0. The number of amides is 1. The van der Waals surface area contributed by atoms with Crippen LogP contribution >= 0.6 is 11.6 Å². The highest BCUT2D eigenvalue weighted by atomic mass is 35.5. The molecule has 0 spiro atoms. The maximum atomic E-state index is 11.4. The van der Waals surface area contributed by atoms with Crippen molar-refractivity contribution < 1.29 is 4.79 Å². The standard InChI is InChI=1S/C13H14ClN3O/c14-9-13(18)17-7-5-16(6-8-17)12-3-1-11(10-15)2-4-12/h1-4H,5-9H2. The molecule has 2 rings (SSSR count). The third-order valence-corrected chi connectivity index (χ3v) is 3.34. The van der Waals surface area contributed by atoms with E-state index in [1.54, 1.807) is 4.90 Å². The molecule has 0 aliphatic carbocycles. The summed E-state index contributed by atoms with van der Waals surface area (Å²) in [6, 6.07) is 9.61. The molecule has 1 fully saturated rings. The lowest BCUT2D eigenvalue weighted by atomic mass is 10.2. The first kappa shape index (κ1) is 12.7. The number of piperazine rings is 1. The number of anilines is 1. The number of halogens is 1. The van der Waals surface area contributed by atoms with Crippen LogP contribution in [0.25, 0.3) is 0 Å². The molecule has 0 radical (unpaired) electrons. The number of alkyl halides is 1. The van der Waals surface area contributed by atoms with E-state index in [1.807, 2.05) is 24.3 Å². The lowest BCUT2D eigenvalue weighted by molar-refractivity contribution is -0.128. The van der Waals surface area contributed by atoms with E-state index < -0.39 is 0 Å². The van der Waals surface area contributed by atoms with Crippen molar-refractivity contribution in [1.82, 2.24) is 4.90 Å². The minimum atomic E-state index is -0.00357. The van der Waals surface area contributed by atoms with Crippen molar-refractivity contribution in [2.75, 3.05) is 37.0 Å². The predicted molar refractivity (Wildman–Crippen MR) is 70.7 cm³/mol. The summed E-state index contributed by atoms with van der Waals surface area (Å²) >= 11 is 5.54. The molecule has 5 heteroatoms. The molecule has 18 heavy (non-hydrogen) atoms. The Morgan fingerprint density at radius 2 is 1.83 bits per heavy atom. The lowest BCUT2D eigenvalue weighted by Crippen LogP contribution is -2.49. The Labute approximate surface area is 111 Å². The van der Waals surface area contributed by atoms with E-state index in [4.69, 9.17) is 16.9 Å². The van der Waals surface area contributed by atoms with Gasteiger partial charge in [-0.05, 0) is 24.3 Å². The summed E-state index contributed by atoms with van der Waals surface area (Å²) in [4.78, 5) is 15.4. The molecule has 0 atom stereocenters. The first-order chi connectivity index (χ1) is 8.74. The highest BCUT2D eigenvalue weighted by molar-refractivity contribution is 6.27. The summed E-state index contributed by atoms with van der Waals surface area (Å²) in [5, 5.41) is 8.74. The third-order valence-electron chi connectivity index (χ3n) is 3.11. The largest absolute Gasteiger partial charge is 0.368 e. The number of carbonyl (C=O) groups is 1. The molecule has 0 aromatic heterocycles. The minimum absolute atomic E-state index is 0.00357. The van der Waals surface area contributed by atoms with Gasteiger partial charge in [0.2, 0.25) is 5.91 Å². The van der Waals surface area contributed by atoms with Crippen LogP contribution in [0, 0.1) is 11.3 Å². The molecule has 1 aliphatic rings. The van der Waals surface area contributed by atoms with Crippen LogP contribution in [0.5, 0.6) is 0 Å². The Morgan fingerprint density at radius 1 is 1.22 bits per heavy atom. The predicted octanol–water partition coefficient (Wildman–Crippen LogP) is 1.45. The molecule has 1 amide bonds. The Morgan fingerprint density at radius 3 is 2.33 bits per heavy atom. The van der Waals surface area contributed by atoms with Crippen molar-refractivity contribution in [3.8, 4) is 6.07 Å². The SMILES string of the molecule is N#Cc1ccc(N2CCN(C(=O)CCl)CC2)cc1. The second kappa shape index (κ2) is 5.74. The number of nitriles is 1. The number of benzene rings is 1. The summed E-state index contributed by atoms with van der Waals surface area (Å²) in [5.41, 5.74) is 1.75. The molecule has 0 saturated carbocycles. The van der Waals surface area contributed by atoms with Crippen molar-refractivity contribution in [1.29, 1.82) is 5.26 Å². The van der Waals surface area contributed by atoms with Gasteiger partial charge in [0.25, 0.3) is 0 Å². The van der Waals surface area contributed by atoms with E-state index in [0.29, 0.717) is 18.7 Å². The first-order valence-electron chi connectivity index (χ1n) is 5.83. The van der Waals surface area contributed by atoms with Gasteiger partial charge in [0.05, 0.1) is 11.6 Å². The zero-order chi connectivity index (χ0) is 13.0. The van der Waals surface area contributed by atoms with Gasteiger partial charge in [-0.25, -0.2) is 0 Å². The molecule has 1 aromatic rings. The van der Waals surface area contributed by atoms with Gasteiger partial charge >= 0.3 is 0 Å². The molecule has 1 saturated heterocycles. The molecule has 1 aliphatic heterocycles. The van der Waals surface area contributed by atoms with Crippen molar-refractivity contribution in [3.05, 3.63) is 29.8 Å². The minimum Gasteiger partial charge on any atom is -0.368 e. The highest BCUT2D eigenvalue weighted by Crippen LogP contribution is 2.17. The summed E-state index contributed by atoms with van der Waals surface area (Å²) < 4.78 is 0. The Bertz CT molecular complexity index is 458. The van der Waals surface area contributed by atoms with Crippen LogP contribution < -0.4 is 4.90 Å². The molecule has 1 heterocycles. The van der Waals surface area contributed by atoms with E-state index >= 15 is 0 Å². The fourth-order valence-corrected chi connectivity index (χ4v) is 2.21. The zero-order valence-corrected chi connectivity index (χ0v) is 10.7. The van der Waals surface area contributed by atoms with Crippen LogP contribution in [0.1, 0.15) is 5.56 Å². The maximum Gasteiger partial charge on any atom is 0.237 e. The fourth-order valence-electron chi connectivity index (χ4n) is 2.05. The van der Waals surface area contributed by atoms with Crippen molar-refractivity contribution in [2.45, 2.75) is 0 Å². The van der Waals surface area contributed by atoms with Crippen LogP contribution in [0.4, 0.5) is 5.69 Å². The molecule has 94 valence electrons.